The first-order valence-corrected chi connectivity index (χ1v) is 10.00. The number of amides is 2. The van der Waals surface area contributed by atoms with Crippen molar-refractivity contribution in [3.8, 4) is 0 Å². The summed E-state index contributed by atoms with van der Waals surface area (Å²) in [5, 5.41) is 2.74. The van der Waals surface area contributed by atoms with Crippen LogP contribution in [0.3, 0.4) is 0 Å². The smallest absolute Gasteiger partial charge is 0.352 e. The number of rotatable bonds is 6. The Kier molecular flexibility index (Phi) is 7.87. The molecule has 9 heteroatoms. The van der Waals surface area contributed by atoms with Crippen molar-refractivity contribution in [2.75, 3.05) is 26.2 Å². The van der Waals surface area contributed by atoms with Gasteiger partial charge in [0.25, 0.3) is 11.8 Å². The molecule has 1 aliphatic heterocycles. The zero-order chi connectivity index (χ0) is 22.5. The molecule has 6 nitrogen and oxygen atoms in total. The third kappa shape index (κ3) is 7.95. The largest absolute Gasteiger partial charge is 0.416 e. The summed E-state index contributed by atoms with van der Waals surface area (Å²) in [6.45, 7) is 9.08. The van der Waals surface area contributed by atoms with E-state index < -0.39 is 23.2 Å². The highest BCUT2D eigenvalue weighted by atomic mass is 19.4. The van der Waals surface area contributed by atoms with Gasteiger partial charge in [-0.05, 0) is 83.3 Å². The Balaban J connectivity index is 1.78. The van der Waals surface area contributed by atoms with Crippen LogP contribution in [0.5, 0.6) is 0 Å². The number of likely N-dealkylation sites (tertiary alicyclic amines) is 1. The number of benzene rings is 1. The molecule has 1 aromatic carbocycles. The van der Waals surface area contributed by atoms with Crippen molar-refractivity contribution >= 4 is 11.8 Å². The fraction of sp³-hybridized carbons (Fsp3) is 0.619. The Morgan fingerprint density at radius 2 is 1.77 bits per heavy atom. The molecule has 0 aromatic heterocycles. The maximum absolute atomic E-state index is 12.9. The predicted octanol–water partition coefficient (Wildman–Crippen LogP) is 3.30. The third-order valence-corrected chi connectivity index (χ3v) is 4.76. The van der Waals surface area contributed by atoms with Gasteiger partial charge in [0.1, 0.15) is 0 Å². The van der Waals surface area contributed by atoms with Crippen LogP contribution in [0.1, 0.15) is 55.1 Å². The van der Waals surface area contributed by atoms with E-state index in [0.717, 1.165) is 25.0 Å². The number of aryl methyl sites for hydroxylation is 1. The number of nitrogens with one attached hydrogen (secondary N) is 2. The first-order valence-electron chi connectivity index (χ1n) is 10.00. The molecule has 30 heavy (non-hydrogen) atoms. The molecular formula is C21H30F3N3O3. The first kappa shape index (κ1) is 24.1. The van der Waals surface area contributed by atoms with Crippen LogP contribution < -0.4 is 10.8 Å². The van der Waals surface area contributed by atoms with Gasteiger partial charge in [0.2, 0.25) is 0 Å². The number of nitrogens with zero attached hydrogens (tertiary/aromatic N) is 1. The summed E-state index contributed by atoms with van der Waals surface area (Å²) >= 11 is 0. The van der Waals surface area contributed by atoms with Gasteiger partial charge in [-0.25, -0.2) is 5.48 Å². The van der Waals surface area contributed by atoms with Gasteiger partial charge in [-0.1, -0.05) is 0 Å². The highest BCUT2D eigenvalue weighted by Crippen LogP contribution is 2.30. The van der Waals surface area contributed by atoms with Crippen molar-refractivity contribution in [1.29, 1.82) is 0 Å². The quantitative estimate of drug-likeness (QED) is 0.681. The van der Waals surface area contributed by atoms with Gasteiger partial charge in [-0.2, -0.15) is 13.2 Å². The molecule has 2 amide bonds. The van der Waals surface area contributed by atoms with E-state index in [1.807, 2.05) is 25.7 Å². The fourth-order valence-corrected chi connectivity index (χ4v) is 3.21. The summed E-state index contributed by atoms with van der Waals surface area (Å²) < 4.78 is 38.8. The van der Waals surface area contributed by atoms with E-state index in [-0.39, 0.29) is 23.9 Å². The average molecular weight is 429 g/mol. The molecule has 0 radical (unpaired) electrons. The number of carbonyl (C=O) groups is 2. The topological polar surface area (TPSA) is 70.7 Å². The minimum absolute atomic E-state index is 0.00952. The summed E-state index contributed by atoms with van der Waals surface area (Å²) in [6, 6.07) is 3.35. The number of alkyl halides is 3. The number of hydrogen-bond donors (Lipinski definition) is 2. The van der Waals surface area contributed by atoms with Crippen molar-refractivity contribution < 1.29 is 27.6 Å². The minimum atomic E-state index is -4.49. The summed E-state index contributed by atoms with van der Waals surface area (Å²) in [7, 11) is 0. The molecule has 0 spiro atoms. The molecule has 1 heterocycles. The number of hydrogen-bond acceptors (Lipinski definition) is 4. The monoisotopic (exact) mass is 429 g/mol. The van der Waals surface area contributed by atoms with Crippen molar-refractivity contribution in [2.45, 2.75) is 52.3 Å². The maximum atomic E-state index is 12.9. The number of halogens is 3. The van der Waals surface area contributed by atoms with E-state index in [9.17, 15) is 22.8 Å². The van der Waals surface area contributed by atoms with Crippen LogP contribution >= 0.6 is 0 Å². The fourth-order valence-electron chi connectivity index (χ4n) is 3.21. The summed E-state index contributed by atoms with van der Waals surface area (Å²) in [4.78, 5) is 31.5. The zero-order valence-corrected chi connectivity index (χ0v) is 17.9. The molecule has 168 valence electrons. The van der Waals surface area contributed by atoms with E-state index in [2.05, 4.69) is 10.8 Å². The van der Waals surface area contributed by atoms with Crippen LogP contribution in [0.4, 0.5) is 13.2 Å². The molecule has 1 aliphatic rings. The number of hydroxylamine groups is 1. The molecule has 2 rings (SSSR count). The molecule has 0 saturated carbocycles. The first-order chi connectivity index (χ1) is 13.8. The second-order valence-electron chi connectivity index (χ2n) is 8.75. The molecule has 1 aromatic rings. The highest BCUT2D eigenvalue weighted by molar-refractivity contribution is 5.94. The Morgan fingerprint density at radius 3 is 2.33 bits per heavy atom. The molecule has 0 unspecified atom stereocenters. The molecule has 0 atom stereocenters. The lowest BCUT2D eigenvalue weighted by molar-refractivity contribution is -0.147. The van der Waals surface area contributed by atoms with Crippen LogP contribution in [0.15, 0.2) is 18.2 Å². The van der Waals surface area contributed by atoms with Crippen molar-refractivity contribution in [2.24, 2.45) is 5.92 Å². The van der Waals surface area contributed by atoms with Crippen LogP contribution in [-0.4, -0.2) is 48.5 Å². The van der Waals surface area contributed by atoms with Gasteiger partial charge >= 0.3 is 6.18 Å². The second kappa shape index (κ2) is 9.78. The third-order valence-electron chi connectivity index (χ3n) is 4.76. The lowest BCUT2D eigenvalue weighted by Gasteiger charge is -2.31. The van der Waals surface area contributed by atoms with E-state index >= 15 is 0 Å². The van der Waals surface area contributed by atoms with Gasteiger partial charge in [0.05, 0.1) is 17.7 Å². The lowest BCUT2D eigenvalue weighted by atomic mass is 9.96. The summed E-state index contributed by atoms with van der Waals surface area (Å²) in [5.74, 6) is -0.507. The maximum Gasteiger partial charge on any atom is 0.416 e. The predicted molar refractivity (Wildman–Crippen MR) is 107 cm³/mol. The summed E-state index contributed by atoms with van der Waals surface area (Å²) in [5.41, 5.74) is 1.55. The van der Waals surface area contributed by atoms with Crippen LogP contribution in [0, 0.1) is 12.8 Å². The average Bonchev–Trinajstić information content (AvgIpc) is 2.64. The lowest BCUT2D eigenvalue weighted by Crippen LogP contribution is -2.44. The van der Waals surface area contributed by atoms with E-state index in [1.165, 1.54) is 13.0 Å². The molecule has 0 aliphatic carbocycles. The molecule has 1 fully saturated rings. The Morgan fingerprint density at radius 1 is 1.13 bits per heavy atom. The molecule has 0 bridgehead atoms. The van der Waals surface area contributed by atoms with Gasteiger partial charge in [-0.3, -0.25) is 19.3 Å². The number of piperidine rings is 1. The van der Waals surface area contributed by atoms with Crippen LogP contribution in [0.25, 0.3) is 0 Å². The standard InChI is InChI=1S/C21H30F3N3O3/c1-14-9-16(11-17(10-14)21(22,23)24)19(29)25-12-15-5-7-27(8-6-15)13-18(28)26-30-20(2,3)4/h9-11,15H,5-8,12-13H2,1-4H3,(H,25,29)(H,26,28). The van der Waals surface area contributed by atoms with E-state index in [1.54, 1.807) is 0 Å². The van der Waals surface area contributed by atoms with E-state index in [4.69, 9.17) is 4.84 Å². The van der Waals surface area contributed by atoms with Crippen molar-refractivity contribution in [3.05, 3.63) is 34.9 Å². The van der Waals surface area contributed by atoms with Crippen LogP contribution in [-0.2, 0) is 15.8 Å². The molecular weight excluding hydrogens is 399 g/mol. The van der Waals surface area contributed by atoms with Gasteiger partial charge < -0.3 is 5.32 Å². The normalized spacial score (nSPS) is 16.4. The SMILES string of the molecule is Cc1cc(C(=O)NCC2CCN(CC(=O)NOC(C)(C)C)CC2)cc(C(F)(F)F)c1. The summed E-state index contributed by atoms with van der Waals surface area (Å²) in [6.07, 6.45) is -2.91. The van der Waals surface area contributed by atoms with Crippen molar-refractivity contribution in [1.82, 2.24) is 15.7 Å². The Hall–Kier alpha value is -2.13. The minimum Gasteiger partial charge on any atom is -0.352 e. The highest BCUT2D eigenvalue weighted by Gasteiger charge is 2.31. The van der Waals surface area contributed by atoms with Gasteiger partial charge in [-0.15, -0.1) is 0 Å². The van der Waals surface area contributed by atoms with Crippen LogP contribution in [0.2, 0.25) is 0 Å². The van der Waals surface area contributed by atoms with Gasteiger partial charge in [0, 0.05) is 12.1 Å². The Bertz CT molecular complexity index is 752. The van der Waals surface area contributed by atoms with E-state index in [0.29, 0.717) is 25.2 Å². The Labute approximate surface area is 175 Å². The zero-order valence-electron chi connectivity index (χ0n) is 17.9. The molecule has 1 saturated heterocycles. The number of carbonyl (C=O) groups excluding carboxylic acids is 2. The second-order valence-corrected chi connectivity index (χ2v) is 8.75. The molecule has 2 N–H and O–H groups in total. The van der Waals surface area contributed by atoms with Crippen molar-refractivity contribution in [3.63, 3.8) is 0 Å². The van der Waals surface area contributed by atoms with Gasteiger partial charge in [0.15, 0.2) is 0 Å².